The van der Waals surface area contributed by atoms with Gasteiger partial charge in [0, 0.05) is 12.6 Å². The summed E-state index contributed by atoms with van der Waals surface area (Å²) in [4.78, 5) is 17.4. The second-order valence-corrected chi connectivity index (χ2v) is 6.63. The first-order chi connectivity index (χ1) is 9.58. The molecule has 0 bridgehead atoms. The Morgan fingerprint density at radius 1 is 1.35 bits per heavy atom. The van der Waals surface area contributed by atoms with E-state index in [9.17, 15) is 4.79 Å². The molecule has 2 saturated heterocycles. The van der Waals surface area contributed by atoms with Crippen LogP contribution in [0.15, 0.2) is 0 Å². The van der Waals surface area contributed by atoms with Gasteiger partial charge < -0.3 is 9.80 Å². The number of rotatable bonds is 5. The molecule has 1 N–H and O–H groups in total. The van der Waals surface area contributed by atoms with E-state index in [-0.39, 0.29) is 12.2 Å². The van der Waals surface area contributed by atoms with Crippen LogP contribution in [0.4, 0.5) is 0 Å². The normalized spacial score (nSPS) is 32.4. The van der Waals surface area contributed by atoms with Crippen molar-refractivity contribution in [3.8, 4) is 0 Å². The van der Waals surface area contributed by atoms with E-state index >= 15 is 0 Å². The molecule has 2 heterocycles. The molecular weight excluding hydrogens is 250 g/mol. The Bertz CT molecular complexity index is 332. The summed E-state index contributed by atoms with van der Waals surface area (Å²) in [5.74, 6) is 0.708. The smallest absolute Gasteiger partial charge is 0.241 e. The van der Waals surface area contributed by atoms with Gasteiger partial charge in [0.25, 0.3) is 0 Å². The molecule has 0 spiro atoms. The average Bonchev–Trinajstić information content (AvgIpc) is 2.76. The number of hydrogen-bond acceptors (Lipinski definition) is 3. The maximum absolute atomic E-state index is 12.8. The van der Waals surface area contributed by atoms with Gasteiger partial charge >= 0.3 is 0 Å². The van der Waals surface area contributed by atoms with Crippen LogP contribution in [0.25, 0.3) is 0 Å². The molecule has 0 aromatic heterocycles. The lowest BCUT2D eigenvalue weighted by molar-refractivity contribution is -0.134. The van der Waals surface area contributed by atoms with Crippen LogP contribution in [0.3, 0.4) is 0 Å². The van der Waals surface area contributed by atoms with Gasteiger partial charge in [-0.05, 0) is 38.3 Å². The molecule has 116 valence electrons. The summed E-state index contributed by atoms with van der Waals surface area (Å²) in [6.45, 7) is 12.0. The van der Waals surface area contributed by atoms with E-state index in [4.69, 9.17) is 0 Å². The van der Waals surface area contributed by atoms with Crippen molar-refractivity contribution in [3.05, 3.63) is 0 Å². The summed E-state index contributed by atoms with van der Waals surface area (Å²) >= 11 is 0. The van der Waals surface area contributed by atoms with E-state index in [0.717, 1.165) is 32.4 Å². The van der Waals surface area contributed by atoms with E-state index in [1.807, 2.05) is 0 Å². The SMILES string of the molecule is CCCC1NC(C(C)C)C(=O)N1C1CCCN(CC)C1. The zero-order valence-electron chi connectivity index (χ0n) is 13.6. The second-order valence-electron chi connectivity index (χ2n) is 6.63. The maximum Gasteiger partial charge on any atom is 0.241 e. The van der Waals surface area contributed by atoms with Crippen molar-refractivity contribution in [2.24, 2.45) is 5.92 Å². The minimum atomic E-state index is 0.0172. The monoisotopic (exact) mass is 281 g/mol. The molecule has 4 nitrogen and oxygen atoms in total. The molecular formula is C16H31N3O. The Labute approximate surface area is 123 Å². The predicted molar refractivity (Wildman–Crippen MR) is 82.4 cm³/mol. The molecule has 20 heavy (non-hydrogen) atoms. The fraction of sp³-hybridized carbons (Fsp3) is 0.938. The topological polar surface area (TPSA) is 35.6 Å². The number of hydrogen-bond donors (Lipinski definition) is 1. The van der Waals surface area contributed by atoms with Crippen LogP contribution in [-0.2, 0) is 4.79 Å². The third kappa shape index (κ3) is 3.17. The Morgan fingerprint density at radius 2 is 2.10 bits per heavy atom. The minimum absolute atomic E-state index is 0.0172. The highest BCUT2D eigenvalue weighted by atomic mass is 16.2. The van der Waals surface area contributed by atoms with Gasteiger partial charge in [-0.1, -0.05) is 34.1 Å². The maximum atomic E-state index is 12.8. The third-order valence-electron chi connectivity index (χ3n) is 4.78. The lowest BCUT2D eigenvalue weighted by atomic mass is 10.0. The second kappa shape index (κ2) is 6.90. The van der Waals surface area contributed by atoms with Gasteiger partial charge in [-0.25, -0.2) is 0 Å². The van der Waals surface area contributed by atoms with Gasteiger partial charge in [-0.15, -0.1) is 0 Å². The summed E-state index contributed by atoms with van der Waals surface area (Å²) in [7, 11) is 0. The van der Waals surface area contributed by atoms with Crippen molar-refractivity contribution in [1.29, 1.82) is 0 Å². The van der Waals surface area contributed by atoms with Crippen LogP contribution in [-0.4, -0.2) is 53.6 Å². The van der Waals surface area contributed by atoms with Gasteiger partial charge in [-0.3, -0.25) is 10.1 Å². The van der Waals surface area contributed by atoms with Crippen molar-refractivity contribution >= 4 is 5.91 Å². The van der Waals surface area contributed by atoms with Gasteiger partial charge in [-0.2, -0.15) is 0 Å². The number of amides is 1. The largest absolute Gasteiger partial charge is 0.322 e. The highest BCUT2D eigenvalue weighted by Crippen LogP contribution is 2.26. The number of likely N-dealkylation sites (tertiary alicyclic amines) is 1. The molecule has 2 aliphatic rings. The zero-order chi connectivity index (χ0) is 14.7. The number of likely N-dealkylation sites (N-methyl/N-ethyl adjacent to an activating group) is 1. The molecule has 3 atom stereocenters. The van der Waals surface area contributed by atoms with Crippen molar-refractivity contribution in [2.45, 2.75) is 71.6 Å². The van der Waals surface area contributed by atoms with Crippen LogP contribution in [0, 0.1) is 5.92 Å². The van der Waals surface area contributed by atoms with Gasteiger partial charge in [0.1, 0.15) is 0 Å². The van der Waals surface area contributed by atoms with Crippen LogP contribution in [0.5, 0.6) is 0 Å². The molecule has 1 amide bonds. The van der Waals surface area contributed by atoms with Crippen molar-refractivity contribution in [1.82, 2.24) is 15.1 Å². The third-order valence-corrected chi connectivity index (χ3v) is 4.78. The van der Waals surface area contributed by atoms with E-state index in [0.29, 0.717) is 17.9 Å². The number of nitrogens with one attached hydrogen (secondary N) is 1. The quantitative estimate of drug-likeness (QED) is 0.838. The van der Waals surface area contributed by atoms with E-state index in [1.54, 1.807) is 0 Å². The lowest BCUT2D eigenvalue weighted by Gasteiger charge is -2.39. The molecule has 0 aliphatic carbocycles. The zero-order valence-corrected chi connectivity index (χ0v) is 13.6. The van der Waals surface area contributed by atoms with E-state index in [1.165, 1.54) is 13.0 Å². The Morgan fingerprint density at radius 3 is 2.70 bits per heavy atom. The predicted octanol–water partition coefficient (Wildman–Crippen LogP) is 2.05. The molecule has 2 rings (SSSR count). The molecule has 0 aromatic rings. The van der Waals surface area contributed by atoms with Crippen LogP contribution < -0.4 is 5.32 Å². The van der Waals surface area contributed by atoms with Crippen molar-refractivity contribution in [3.63, 3.8) is 0 Å². The minimum Gasteiger partial charge on any atom is -0.322 e. The van der Waals surface area contributed by atoms with E-state index in [2.05, 4.69) is 42.8 Å². The number of carbonyl (C=O) groups is 1. The van der Waals surface area contributed by atoms with Crippen LogP contribution in [0.2, 0.25) is 0 Å². The standard InChI is InChI=1S/C16H31N3O/c1-5-8-14-17-15(12(3)4)16(20)19(14)13-9-7-10-18(6-2)11-13/h12-15,17H,5-11H2,1-4H3. The Balaban J connectivity index is 2.11. The summed E-state index contributed by atoms with van der Waals surface area (Å²) in [6.07, 6.45) is 4.82. The summed E-state index contributed by atoms with van der Waals surface area (Å²) < 4.78 is 0. The van der Waals surface area contributed by atoms with Crippen molar-refractivity contribution < 1.29 is 4.79 Å². The van der Waals surface area contributed by atoms with Crippen LogP contribution >= 0.6 is 0 Å². The molecule has 0 aromatic carbocycles. The molecule has 3 unspecified atom stereocenters. The summed E-state index contributed by atoms with van der Waals surface area (Å²) in [5, 5.41) is 3.58. The van der Waals surface area contributed by atoms with Gasteiger partial charge in [0.05, 0.1) is 12.2 Å². The molecule has 2 fully saturated rings. The average molecular weight is 281 g/mol. The molecule has 2 aliphatic heterocycles. The fourth-order valence-electron chi connectivity index (χ4n) is 3.63. The first-order valence-electron chi connectivity index (χ1n) is 8.39. The molecule has 4 heteroatoms. The van der Waals surface area contributed by atoms with Crippen LogP contribution in [0.1, 0.15) is 53.4 Å². The highest BCUT2D eigenvalue weighted by molar-refractivity contribution is 5.85. The summed E-state index contributed by atoms with van der Waals surface area (Å²) in [5.41, 5.74) is 0. The molecule has 0 saturated carbocycles. The van der Waals surface area contributed by atoms with Gasteiger partial charge in [0.15, 0.2) is 0 Å². The van der Waals surface area contributed by atoms with Gasteiger partial charge in [0.2, 0.25) is 5.91 Å². The Kier molecular flexibility index (Phi) is 5.44. The first kappa shape index (κ1) is 15.8. The number of piperidine rings is 1. The Hall–Kier alpha value is -0.610. The number of carbonyl (C=O) groups excluding carboxylic acids is 1. The lowest BCUT2D eigenvalue weighted by Crippen LogP contribution is -2.52. The van der Waals surface area contributed by atoms with Crippen molar-refractivity contribution in [2.75, 3.05) is 19.6 Å². The highest BCUT2D eigenvalue weighted by Gasteiger charge is 2.43. The summed E-state index contributed by atoms with van der Waals surface area (Å²) in [6, 6.07) is 0.424. The first-order valence-corrected chi connectivity index (χ1v) is 8.39. The number of nitrogens with zero attached hydrogens (tertiary/aromatic N) is 2. The van der Waals surface area contributed by atoms with E-state index < -0.39 is 0 Å². The fourth-order valence-corrected chi connectivity index (χ4v) is 3.63. The molecule has 0 radical (unpaired) electrons.